The number of halogens is 2. The first-order valence-corrected chi connectivity index (χ1v) is 12.0. The molecule has 1 saturated heterocycles. The van der Waals surface area contributed by atoms with E-state index in [1.807, 2.05) is 49.4 Å². The third-order valence-electron chi connectivity index (χ3n) is 6.30. The molecule has 0 saturated carbocycles. The van der Waals surface area contributed by atoms with Crippen molar-refractivity contribution < 1.29 is 8.78 Å². The summed E-state index contributed by atoms with van der Waals surface area (Å²) in [6.07, 6.45) is 8.36. The molecule has 0 spiro atoms. The van der Waals surface area contributed by atoms with Gasteiger partial charge in [0, 0.05) is 48.7 Å². The van der Waals surface area contributed by atoms with Crippen molar-refractivity contribution in [2.75, 3.05) is 41.3 Å². The van der Waals surface area contributed by atoms with Crippen LogP contribution in [0.3, 0.4) is 0 Å². The van der Waals surface area contributed by atoms with Gasteiger partial charge in [-0.2, -0.15) is 0 Å². The lowest BCUT2D eigenvalue weighted by Crippen LogP contribution is -2.28. The average Bonchev–Trinajstić information content (AvgIpc) is 3.15. The minimum atomic E-state index is -0.615. The van der Waals surface area contributed by atoms with Gasteiger partial charge in [-0.05, 0) is 57.5 Å². The van der Waals surface area contributed by atoms with Crippen molar-refractivity contribution in [1.29, 1.82) is 0 Å². The summed E-state index contributed by atoms with van der Waals surface area (Å²) in [5.74, 6) is -0.247. The molecular weight excluding hydrogens is 448 g/mol. The molecule has 182 valence electrons. The largest absolute Gasteiger partial charge is 0.369 e. The highest BCUT2D eigenvalue weighted by Gasteiger charge is 2.22. The third-order valence-corrected chi connectivity index (χ3v) is 6.30. The van der Waals surface area contributed by atoms with Crippen LogP contribution in [0.15, 0.2) is 48.9 Å². The number of aromatic nitrogens is 3. The maximum absolute atomic E-state index is 15.0. The number of hydrogen-bond donors (Lipinski definition) is 2. The predicted molar refractivity (Wildman–Crippen MR) is 135 cm³/mol. The molecule has 2 N–H and O–H groups in total. The molecule has 5 rings (SSSR count). The van der Waals surface area contributed by atoms with Crippen LogP contribution in [-0.4, -0.2) is 47.2 Å². The van der Waals surface area contributed by atoms with E-state index in [0.717, 1.165) is 50.2 Å². The highest BCUT2D eigenvalue weighted by molar-refractivity contribution is 5.72. The summed E-state index contributed by atoms with van der Waals surface area (Å²) >= 11 is 0. The van der Waals surface area contributed by atoms with E-state index in [2.05, 4.69) is 30.5 Å². The maximum atomic E-state index is 15.0. The van der Waals surface area contributed by atoms with E-state index >= 15 is 0 Å². The van der Waals surface area contributed by atoms with E-state index in [-0.39, 0.29) is 23.5 Å². The number of fused-ring (bicyclic) bond motifs is 1. The molecule has 7 nitrogen and oxygen atoms in total. The van der Waals surface area contributed by atoms with Crippen molar-refractivity contribution in [3.8, 4) is 11.3 Å². The van der Waals surface area contributed by atoms with Gasteiger partial charge in [0.15, 0.2) is 5.82 Å². The van der Waals surface area contributed by atoms with E-state index < -0.39 is 5.82 Å². The van der Waals surface area contributed by atoms with Crippen LogP contribution in [0, 0.1) is 11.6 Å². The summed E-state index contributed by atoms with van der Waals surface area (Å²) in [6.45, 7) is 7.93. The fourth-order valence-electron chi connectivity index (χ4n) is 4.50. The van der Waals surface area contributed by atoms with Gasteiger partial charge in [0.2, 0.25) is 5.95 Å². The lowest BCUT2D eigenvalue weighted by Gasteiger charge is -2.30. The summed E-state index contributed by atoms with van der Waals surface area (Å²) in [7, 11) is 0. The number of allylic oxidation sites excluding steroid dienone is 1. The van der Waals surface area contributed by atoms with Crippen LogP contribution in [0.25, 0.3) is 11.3 Å². The van der Waals surface area contributed by atoms with Crippen LogP contribution in [0.1, 0.15) is 25.8 Å². The molecule has 0 amide bonds. The highest BCUT2D eigenvalue weighted by Crippen LogP contribution is 2.35. The Morgan fingerprint density at radius 2 is 1.91 bits per heavy atom. The standard InChI is InChI=1S/C26H29F2N7/c1-17(2)35-11-3-5-20-21(27)13-18(14-23(20)35)25-22(28)16-31-26(33-25)32-24-7-6-19(15-30-24)34-10-4-8-29-9-12-34/h3,6-7,11,13-17,29H,4-5,8-10,12H2,1-2H3,(H,30,31,32,33). The normalized spacial score (nSPS) is 15.8. The molecule has 4 heterocycles. The second-order valence-corrected chi connectivity index (χ2v) is 9.05. The van der Waals surface area contributed by atoms with Gasteiger partial charge in [-0.15, -0.1) is 0 Å². The quantitative estimate of drug-likeness (QED) is 0.555. The molecule has 35 heavy (non-hydrogen) atoms. The Morgan fingerprint density at radius 3 is 2.71 bits per heavy atom. The van der Waals surface area contributed by atoms with Crippen molar-refractivity contribution in [2.24, 2.45) is 0 Å². The topological polar surface area (TPSA) is 69.2 Å². The molecule has 2 aromatic heterocycles. The van der Waals surface area contributed by atoms with Gasteiger partial charge in [-0.1, -0.05) is 6.08 Å². The van der Waals surface area contributed by atoms with Gasteiger partial charge in [-0.25, -0.2) is 23.7 Å². The lowest BCUT2D eigenvalue weighted by molar-refractivity contribution is 0.608. The Labute approximate surface area is 203 Å². The molecule has 0 aliphatic carbocycles. The number of pyridine rings is 1. The van der Waals surface area contributed by atoms with Crippen molar-refractivity contribution in [3.63, 3.8) is 0 Å². The van der Waals surface area contributed by atoms with Gasteiger partial charge >= 0.3 is 0 Å². The molecule has 1 aromatic carbocycles. The zero-order valence-electron chi connectivity index (χ0n) is 19.9. The van der Waals surface area contributed by atoms with Gasteiger partial charge in [0.25, 0.3) is 0 Å². The summed E-state index contributed by atoms with van der Waals surface area (Å²) in [6, 6.07) is 7.12. The Hall–Kier alpha value is -3.59. The molecule has 3 aromatic rings. The Balaban J connectivity index is 1.40. The monoisotopic (exact) mass is 477 g/mol. The first kappa shape index (κ1) is 23.2. The Morgan fingerprint density at radius 1 is 1.03 bits per heavy atom. The molecule has 0 unspecified atom stereocenters. The molecule has 1 fully saturated rings. The second-order valence-electron chi connectivity index (χ2n) is 9.05. The predicted octanol–water partition coefficient (Wildman–Crippen LogP) is 4.64. The summed E-state index contributed by atoms with van der Waals surface area (Å²) in [4.78, 5) is 17.2. The smallest absolute Gasteiger partial charge is 0.229 e. The Kier molecular flexibility index (Phi) is 6.59. The number of anilines is 4. The number of nitrogens with zero attached hydrogens (tertiary/aromatic N) is 5. The molecule has 0 bridgehead atoms. The number of benzene rings is 1. The molecule has 9 heteroatoms. The zero-order chi connectivity index (χ0) is 24.4. The summed E-state index contributed by atoms with van der Waals surface area (Å²) < 4.78 is 29.8. The van der Waals surface area contributed by atoms with Crippen LogP contribution in [0.5, 0.6) is 0 Å². The van der Waals surface area contributed by atoms with Gasteiger partial charge in [0.05, 0.1) is 18.1 Å². The fourth-order valence-corrected chi connectivity index (χ4v) is 4.50. The van der Waals surface area contributed by atoms with Crippen molar-refractivity contribution in [3.05, 3.63) is 66.1 Å². The Bertz CT molecular complexity index is 1220. The minimum Gasteiger partial charge on any atom is -0.369 e. The first-order chi connectivity index (χ1) is 17.0. The van der Waals surface area contributed by atoms with Crippen molar-refractivity contribution in [1.82, 2.24) is 20.3 Å². The number of rotatable bonds is 5. The third kappa shape index (κ3) is 4.95. The van der Waals surface area contributed by atoms with E-state index in [1.165, 1.54) is 6.07 Å². The van der Waals surface area contributed by atoms with Crippen LogP contribution >= 0.6 is 0 Å². The van der Waals surface area contributed by atoms with E-state index in [1.54, 1.807) is 6.07 Å². The maximum Gasteiger partial charge on any atom is 0.229 e. The van der Waals surface area contributed by atoms with Crippen LogP contribution in [0.4, 0.5) is 31.9 Å². The fraction of sp³-hybridized carbons (Fsp3) is 0.346. The molecular formula is C26H29F2N7. The van der Waals surface area contributed by atoms with Crippen LogP contribution < -0.4 is 20.4 Å². The number of hydrogen-bond acceptors (Lipinski definition) is 7. The van der Waals surface area contributed by atoms with Crippen LogP contribution in [0.2, 0.25) is 0 Å². The van der Waals surface area contributed by atoms with E-state index in [4.69, 9.17) is 0 Å². The second kappa shape index (κ2) is 9.95. The lowest BCUT2D eigenvalue weighted by atomic mass is 9.99. The number of nitrogens with one attached hydrogen (secondary N) is 2. The first-order valence-electron chi connectivity index (χ1n) is 12.0. The molecule has 0 radical (unpaired) electrons. The van der Waals surface area contributed by atoms with Gasteiger partial charge in [-0.3, -0.25) is 0 Å². The highest BCUT2D eigenvalue weighted by atomic mass is 19.1. The molecule has 2 aliphatic rings. The van der Waals surface area contributed by atoms with Crippen molar-refractivity contribution >= 4 is 23.1 Å². The van der Waals surface area contributed by atoms with E-state index in [9.17, 15) is 8.78 Å². The van der Waals surface area contributed by atoms with Gasteiger partial charge in [0.1, 0.15) is 17.3 Å². The zero-order valence-corrected chi connectivity index (χ0v) is 19.9. The summed E-state index contributed by atoms with van der Waals surface area (Å²) in [5.41, 5.74) is 2.78. The molecule has 0 atom stereocenters. The van der Waals surface area contributed by atoms with Gasteiger partial charge < -0.3 is 20.4 Å². The van der Waals surface area contributed by atoms with Crippen LogP contribution in [-0.2, 0) is 6.42 Å². The van der Waals surface area contributed by atoms with Crippen molar-refractivity contribution in [2.45, 2.75) is 32.7 Å². The average molecular weight is 478 g/mol. The molecule has 2 aliphatic heterocycles. The SMILES string of the molecule is CC(C)N1C=CCc2c(F)cc(-c3nc(Nc4ccc(N5CCCNCC5)cn4)ncc3F)cc21. The minimum absolute atomic E-state index is 0.0381. The van der Waals surface area contributed by atoms with E-state index in [0.29, 0.717) is 23.4 Å². The summed E-state index contributed by atoms with van der Waals surface area (Å²) in [5, 5.41) is 6.43.